The van der Waals surface area contributed by atoms with Gasteiger partial charge in [0.15, 0.2) is 0 Å². The fourth-order valence-electron chi connectivity index (χ4n) is 1.78. The summed E-state index contributed by atoms with van der Waals surface area (Å²) in [4.78, 5) is 11.6. The molecule has 0 aromatic heterocycles. The van der Waals surface area contributed by atoms with E-state index in [4.69, 9.17) is 20.8 Å². The minimum absolute atomic E-state index is 0.217. The van der Waals surface area contributed by atoms with Gasteiger partial charge in [-0.3, -0.25) is 4.79 Å². The average Bonchev–Trinajstić information content (AvgIpc) is 2.34. The summed E-state index contributed by atoms with van der Waals surface area (Å²) < 4.78 is 10.6. The molecular formula is C13H13ClO3. The summed E-state index contributed by atoms with van der Waals surface area (Å²) >= 11 is 6.02. The van der Waals surface area contributed by atoms with Gasteiger partial charge in [0.05, 0.1) is 17.7 Å². The van der Waals surface area contributed by atoms with Crippen LogP contribution in [0, 0.1) is 0 Å². The minimum atomic E-state index is -0.232. The number of ether oxygens (including phenoxy) is 1. The highest BCUT2D eigenvalue weighted by Crippen LogP contribution is 2.35. The second kappa shape index (κ2) is 4.80. The molecular weight excluding hydrogens is 240 g/mol. The van der Waals surface area contributed by atoms with E-state index < -0.39 is 0 Å². The highest BCUT2D eigenvalue weighted by molar-refractivity contribution is 6.33. The minimum Gasteiger partial charge on any atom is -0.496 e. The molecule has 17 heavy (non-hydrogen) atoms. The van der Waals surface area contributed by atoms with Gasteiger partial charge in [-0.1, -0.05) is 18.5 Å². The molecule has 0 amide bonds. The third-order valence-corrected chi connectivity index (χ3v) is 3.01. The summed E-state index contributed by atoms with van der Waals surface area (Å²) in [6.07, 6.45) is 3.38. The zero-order chi connectivity index (χ0) is 12.4. The highest BCUT2D eigenvalue weighted by atomic mass is 35.5. The van der Waals surface area contributed by atoms with Gasteiger partial charge in [-0.05, 0) is 12.5 Å². The lowest BCUT2D eigenvalue weighted by atomic mass is 10.0. The van der Waals surface area contributed by atoms with Gasteiger partial charge in [-0.2, -0.15) is 0 Å². The predicted molar refractivity (Wildman–Crippen MR) is 67.2 cm³/mol. The summed E-state index contributed by atoms with van der Waals surface area (Å²) in [6, 6.07) is 3.19. The fourth-order valence-corrected chi connectivity index (χ4v) is 1.99. The Labute approximate surface area is 104 Å². The molecule has 0 unspecified atom stereocenters. The molecule has 4 heteroatoms. The van der Waals surface area contributed by atoms with Gasteiger partial charge in [0.25, 0.3) is 0 Å². The average molecular weight is 253 g/mol. The van der Waals surface area contributed by atoms with Gasteiger partial charge in [-0.25, -0.2) is 0 Å². The Morgan fingerprint density at radius 2 is 2.12 bits per heavy atom. The number of rotatable bonds is 3. The molecule has 0 saturated heterocycles. The number of benzene rings is 1. The summed E-state index contributed by atoms with van der Waals surface area (Å²) in [5.41, 5.74) is 1.17. The molecule has 0 saturated carbocycles. The van der Waals surface area contributed by atoms with Crippen LogP contribution in [0.15, 0.2) is 27.6 Å². The van der Waals surface area contributed by atoms with Crippen LogP contribution in [0.5, 0.6) is 5.75 Å². The highest BCUT2D eigenvalue weighted by Gasteiger charge is 2.17. The van der Waals surface area contributed by atoms with Crippen molar-refractivity contribution in [1.82, 2.24) is 0 Å². The Kier molecular flexibility index (Phi) is 3.38. The number of fused-ring (bicyclic) bond motifs is 1. The number of hydrogen-bond acceptors (Lipinski definition) is 3. The second-order valence-electron chi connectivity index (χ2n) is 3.81. The van der Waals surface area contributed by atoms with Crippen LogP contribution in [-0.2, 0) is 6.42 Å². The number of halogens is 1. The first-order chi connectivity index (χ1) is 8.17. The second-order valence-corrected chi connectivity index (χ2v) is 4.19. The molecule has 0 bridgehead atoms. The lowest BCUT2D eigenvalue weighted by Crippen LogP contribution is -2.05. The maximum absolute atomic E-state index is 11.6. The SMILES string of the molecule is CCCc1cc2c(Cl)c(=O)cc(OC)c-2co1. The Hall–Kier alpha value is -1.48. The van der Waals surface area contributed by atoms with Crippen LogP contribution in [0.2, 0.25) is 5.02 Å². The normalized spacial score (nSPS) is 10.8. The summed E-state index contributed by atoms with van der Waals surface area (Å²) in [7, 11) is 1.52. The van der Waals surface area contributed by atoms with Gasteiger partial charge in [0.1, 0.15) is 17.8 Å². The first-order valence-corrected chi connectivity index (χ1v) is 5.83. The molecule has 0 atom stereocenters. The number of hydrogen-bond donors (Lipinski definition) is 0. The number of methoxy groups -OCH3 is 1. The molecule has 2 aliphatic rings. The van der Waals surface area contributed by atoms with E-state index in [2.05, 4.69) is 6.92 Å². The largest absolute Gasteiger partial charge is 0.496 e. The van der Waals surface area contributed by atoms with Gasteiger partial charge in [0, 0.05) is 18.1 Å². The summed E-state index contributed by atoms with van der Waals surface area (Å²) in [5.74, 6) is 1.30. The van der Waals surface area contributed by atoms with Crippen LogP contribution in [0.3, 0.4) is 0 Å². The first-order valence-electron chi connectivity index (χ1n) is 5.45. The molecule has 1 aliphatic heterocycles. The van der Waals surface area contributed by atoms with E-state index in [1.165, 1.54) is 13.2 Å². The Balaban J connectivity index is 2.70. The quantitative estimate of drug-likeness (QED) is 0.841. The zero-order valence-corrected chi connectivity index (χ0v) is 10.5. The standard InChI is InChI=1S/C13H13ClO3/c1-3-4-8-5-9-10(7-17-8)12(16-2)6-11(15)13(9)14/h5-7H,3-4H2,1-2H3. The molecule has 90 valence electrons. The van der Waals surface area contributed by atoms with Crippen molar-refractivity contribution in [1.29, 1.82) is 0 Å². The van der Waals surface area contributed by atoms with Gasteiger partial charge in [0.2, 0.25) is 5.43 Å². The lowest BCUT2D eigenvalue weighted by molar-refractivity contribution is 0.412. The van der Waals surface area contributed by atoms with Crippen LogP contribution in [-0.4, -0.2) is 7.11 Å². The third-order valence-electron chi connectivity index (χ3n) is 2.62. The van der Waals surface area contributed by atoms with Crippen LogP contribution in [0.4, 0.5) is 0 Å². The Morgan fingerprint density at radius 3 is 2.76 bits per heavy atom. The van der Waals surface area contributed by atoms with Crippen LogP contribution in [0.1, 0.15) is 19.1 Å². The van der Waals surface area contributed by atoms with E-state index in [0.717, 1.165) is 24.2 Å². The van der Waals surface area contributed by atoms with Crippen LogP contribution in [0.25, 0.3) is 11.1 Å². The van der Waals surface area contributed by atoms with Gasteiger partial charge >= 0.3 is 0 Å². The van der Waals surface area contributed by atoms with E-state index in [1.54, 1.807) is 6.26 Å². The smallest absolute Gasteiger partial charge is 0.201 e. The third kappa shape index (κ3) is 2.15. The van der Waals surface area contributed by atoms with Crippen molar-refractivity contribution in [3.8, 4) is 16.9 Å². The van der Waals surface area contributed by atoms with E-state index in [9.17, 15) is 4.79 Å². The topological polar surface area (TPSA) is 39.4 Å². The molecule has 0 aromatic carbocycles. The molecule has 1 heterocycles. The van der Waals surface area contributed by atoms with Crippen molar-refractivity contribution < 1.29 is 9.15 Å². The van der Waals surface area contributed by atoms with Crippen LogP contribution >= 0.6 is 11.6 Å². The first kappa shape index (κ1) is 12.0. The maximum atomic E-state index is 11.6. The van der Waals surface area contributed by atoms with Crippen molar-refractivity contribution in [2.24, 2.45) is 0 Å². The van der Waals surface area contributed by atoms with Crippen LogP contribution < -0.4 is 10.2 Å². The Bertz CT molecular complexity index is 559. The van der Waals surface area contributed by atoms with E-state index >= 15 is 0 Å². The molecule has 1 aliphatic carbocycles. The molecule has 0 fully saturated rings. The zero-order valence-electron chi connectivity index (χ0n) is 9.75. The van der Waals surface area contributed by atoms with Crippen molar-refractivity contribution in [3.05, 3.63) is 39.4 Å². The maximum Gasteiger partial charge on any atom is 0.201 e. The monoisotopic (exact) mass is 252 g/mol. The Morgan fingerprint density at radius 1 is 1.35 bits per heavy atom. The predicted octanol–water partition coefficient (Wildman–Crippen LogP) is 3.36. The fraction of sp³-hybridized carbons (Fsp3) is 0.308. The molecule has 3 nitrogen and oxygen atoms in total. The van der Waals surface area contributed by atoms with Crippen molar-refractivity contribution in [2.75, 3.05) is 7.11 Å². The van der Waals surface area contributed by atoms with Gasteiger partial charge < -0.3 is 9.15 Å². The van der Waals surface area contributed by atoms with E-state index in [-0.39, 0.29) is 10.5 Å². The van der Waals surface area contributed by atoms with Gasteiger partial charge in [-0.15, -0.1) is 0 Å². The van der Waals surface area contributed by atoms with E-state index in [1.807, 2.05) is 6.07 Å². The number of aryl methyl sites for hydroxylation is 1. The summed E-state index contributed by atoms with van der Waals surface area (Å²) in [5, 5.41) is 0.217. The van der Waals surface area contributed by atoms with Crippen molar-refractivity contribution >= 4 is 11.6 Å². The molecule has 0 radical (unpaired) electrons. The molecule has 0 N–H and O–H groups in total. The molecule has 2 rings (SSSR count). The van der Waals surface area contributed by atoms with Crippen molar-refractivity contribution in [3.63, 3.8) is 0 Å². The van der Waals surface area contributed by atoms with Crippen molar-refractivity contribution in [2.45, 2.75) is 19.8 Å². The molecule has 0 spiro atoms. The molecule has 0 aromatic rings. The lowest BCUT2D eigenvalue weighted by Gasteiger charge is -2.12. The van der Waals surface area contributed by atoms with E-state index in [0.29, 0.717) is 11.3 Å². The summed E-state index contributed by atoms with van der Waals surface area (Å²) in [6.45, 7) is 2.06.